The third kappa shape index (κ3) is 1.36. The minimum absolute atomic E-state index is 0.287. The average Bonchev–Trinajstić information content (AvgIpc) is 2.52. The molecule has 0 N–H and O–H groups in total. The summed E-state index contributed by atoms with van der Waals surface area (Å²) in [7, 11) is 0. The number of hydrogen-bond acceptors (Lipinski definition) is 2. The maximum atomic E-state index is 13.4. The Kier molecular flexibility index (Phi) is 1.98. The zero-order valence-electron chi connectivity index (χ0n) is 7.63. The van der Waals surface area contributed by atoms with Gasteiger partial charge in [0.05, 0.1) is 0 Å². The molecule has 1 aliphatic heterocycles. The van der Waals surface area contributed by atoms with Crippen LogP contribution in [0.25, 0.3) is 0 Å². The standard InChI is InChI=1S/C10H9F2NO/c1-10(5-14-6-13-10)8-3-2-7(11)4-9(8)12/h2-4,6H,5H2,1H3. The van der Waals surface area contributed by atoms with E-state index in [1.807, 2.05) is 0 Å². The van der Waals surface area contributed by atoms with Crippen molar-refractivity contribution in [2.75, 3.05) is 6.61 Å². The third-order valence-electron chi connectivity index (χ3n) is 2.29. The van der Waals surface area contributed by atoms with Gasteiger partial charge in [-0.15, -0.1) is 0 Å². The van der Waals surface area contributed by atoms with E-state index in [4.69, 9.17) is 4.74 Å². The normalized spacial score (nSPS) is 25.1. The number of ether oxygens (including phenoxy) is 1. The van der Waals surface area contributed by atoms with Crippen molar-refractivity contribution in [2.45, 2.75) is 12.5 Å². The van der Waals surface area contributed by atoms with E-state index >= 15 is 0 Å². The van der Waals surface area contributed by atoms with Gasteiger partial charge in [0.2, 0.25) is 0 Å². The van der Waals surface area contributed by atoms with Crippen LogP contribution in [0.2, 0.25) is 0 Å². The molecule has 2 rings (SSSR count). The Hall–Kier alpha value is -1.45. The van der Waals surface area contributed by atoms with Crippen molar-refractivity contribution >= 4 is 6.40 Å². The van der Waals surface area contributed by atoms with E-state index in [0.29, 0.717) is 5.56 Å². The van der Waals surface area contributed by atoms with Gasteiger partial charge in [0.1, 0.15) is 23.8 Å². The fourth-order valence-electron chi connectivity index (χ4n) is 1.46. The Bertz CT molecular complexity index is 392. The molecule has 0 radical (unpaired) electrons. The van der Waals surface area contributed by atoms with E-state index in [2.05, 4.69) is 4.99 Å². The summed E-state index contributed by atoms with van der Waals surface area (Å²) in [5.41, 5.74) is -0.370. The SMILES string of the molecule is CC1(c2ccc(F)cc2F)COC=N1. The molecular weight excluding hydrogens is 188 g/mol. The first-order chi connectivity index (χ1) is 6.62. The lowest BCUT2D eigenvalue weighted by Gasteiger charge is -2.19. The summed E-state index contributed by atoms with van der Waals surface area (Å²) in [6.07, 6.45) is 1.29. The van der Waals surface area contributed by atoms with Crippen molar-refractivity contribution in [1.29, 1.82) is 0 Å². The number of benzene rings is 1. The molecule has 1 aliphatic rings. The van der Waals surface area contributed by atoms with Crippen molar-refractivity contribution in [1.82, 2.24) is 0 Å². The van der Waals surface area contributed by atoms with Crippen LogP contribution >= 0.6 is 0 Å². The first-order valence-corrected chi connectivity index (χ1v) is 4.23. The van der Waals surface area contributed by atoms with Gasteiger partial charge in [0.25, 0.3) is 0 Å². The summed E-state index contributed by atoms with van der Waals surface area (Å²) >= 11 is 0. The van der Waals surface area contributed by atoms with Crippen molar-refractivity contribution in [3.63, 3.8) is 0 Å². The van der Waals surface area contributed by atoms with Crippen LogP contribution in [0.1, 0.15) is 12.5 Å². The second kappa shape index (κ2) is 3.04. The van der Waals surface area contributed by atoms with Crippen LogP contribution in [0.5, 0.6) is 0 Å². The predicted octanol–water partition coefficient (Wildman–Crippen LogP) is 2.24. The molecule has 0 saturated heterocycles. The van der Waals surface area contributed by atoms with E-state index < -0.39 is 17.2 Å². The van der Waals surface area contributed by atoms with Crippen LogP contribution in [-0.4, -0.2) is 13.0 Å². The molecule has 1 aromatic carbocycles. The molecule has 0 aliphatic carbocycles. The highest BCUT2D eigenvalue weighted by Gasteiger charge is 2.32. The van der Waals surface area contributed by atoms with Gasteiger partial charge in [0.15, 0.2) is 6.40 Å². The molecule has 1 unspecified atom stereocenters. The molecule has 0 spiro atoms. The number of rotatable bonds is 1. The zero-order chi connectivity index (χ0) is 10.2. The molecule has 0 saturated carbocycles. The Morgan fingerprint density at radius 2 is 2.21 bits per heavy atom. The summed E-state index contributed by atoms with van der Waals surface area (Å²) in [6.45, 7) is 2.03. The van der Waals surface area contributed by atoms with E-state index in [1.165, 1.54) is 18.5 Å². The monoisotopic (exact) mass is 197 g/mol. The van der Waals surface area contributed by atoms with Gasteiger partial charge in [-0.3, -0.25) is 0 Å². The Morgan fingerprint density at radius 1 is 1.43 bits per heavy atom. The third-order valence-corrected chi connectivity index (χ3v) is 2.29. The highest BCUT2D eigenvalue weighted by Crippen LogP contribution is 2.30. The van der Waals surface area contributed by atoms with Crippen molar-refractivity contribution in [3.05, 3.63) is 35.4 Å². The minimum atomic E-state index is -0.724. The van der Waals surface area contributed by atoms with Crippen LogP contribution in [0.3, 0.4) is 0 Å². The molecule has 0 aromatic heterocycles. The topological polar surface area (TPSA) is 21.6 Å². The molecule has 74 valence electrons. The Balaban J connectivity index is 2.46. The summed E-state index contributed by atoms with van der Waals surface area (Å²) in [5, 5.41) is 0. The van der Waals surface area contributed by atoms with E-state index in [1.54, 1.807) is 6.92 Å². The fourth-order valence-corrected chi connectivity index (χ4v) is 1.46. The molecule has 1 heterocycles. The van der Waals surface area contributed by atoms with Crippen LogP contribution in [-0.2, 0) is 10.3 Å². The van der Waals surface area contributed by atoms with E-state index in [-0.39, 0.29) is 6.61 Å². The maximum absolute atomic E-state index is 13.4. The molecule has 14 heavy (non-hydrogen) atoms. The Labute approximate surface area is 80.2 Å². The average molecular weight is 197 g/mol. The molecule has 0 fully saturated rings. The number of aliphatic imine (C=N–C) groups is 1. The summed E-state index contributed by atoms with van der Waals surface area (Å²) < 4.78 is 31.0. The van der Waals surface area contributed by atoms with Gasteiger partial charge in [-0.05, 0) is 13.0 Å². The largest absolute Gasteiger partial charge is 0.481 e. The van der Waals surface area contributed by atoms with E-state index in [9.17, 15) is 8.78 Å². The van der Waals surface area contributed by atoms with Gasteiger partial charge in [-0.2, -0.15) is 0 Å². The Morgan fingerprint density at radius 3 is 2.79 bits per heavy atom. The molecule has 0 bridgehead atoms. The number of halogens is 2. The smallest absolute Gasteiger partial charge is 0.170 e. The van der Waals surface area contributed by atoms with Crippen molar-refractivity contribution in [3.8, 4) is 0 Å². The van der Waals surface area contributed by atoms with Crippen LogP contribution in [0.4, 0.5) is 8.78 Å². The highest BCUT2D eigenvalue weighted by molar-refractivity contribution is 5.52. The lowest BCUT2D eigenvalue weighted by molar-refractivity contribution is 0.272. The van der Waals surface area contributed by atoms with Gasteiger partial charge in [-0.25, -0.2) is 13.8 Å². The first kappa shape index (κ1) is 9.12. The van der Waals surface area contributed by atoms with Gasteiger partial charge in [0, 0.05) is 11.6 Å². The lowest BCUT2D eigenvalue weighted by atomic mass is 9.93. The lowest BCUT2D eigenvalue weighted by Crippen LogP contribution is -2.22. The van der Waals surface area contributed by atoms with Crippen LogP contribution < -0.4 is 0 Å². The van der Waals surface area contributed by atoms with Crippen LogP contribution in [0.15, 0.2) is 23.2 Å². The van der Waals surface area contributed by atoms with Crippen molar-refractivity contribution in [2.24, 2.45) is 4.99 Å². The zero-order valence-corrected chi connectivity index (χ0v) is 7.63. The minimum Gasteiger partial charge on any atom is -0.481 e. The van der Waals surface area contributed by atoms with Crippen molar-refractivity contribution < 1.29 is 13.5 Å². The quantitative estimate of drug-likeness (QED) is 0.676. The fraction of sp³-hybridized carbons (Fsp3) is 0.300. The van der Waals surface area contributed by atoms with Gasteiger partial charge >= 0.3 is 0 Å². The predicted molar refractivity (Wildman–Crippen MR) is 48.2 cm³/mol. The number of hydrogen-bond donors (Lipinski definition) is 0. The molecule has 1 atom stereocenters. The summed E-state index contributed by atoms with van der Waals surface area (Å²) in [4.78, 5) is 4.02. The van der Waals surface area contributed by atoms with Crippen LogP contribution in [0, 0.1) is 11.6 Å². The maximum Gasteiger partial charge on any atom is 0.170 e. The molecule has 2 nitrogen and oxygen atoms in total. The molecular formula is C10H9F2NO. The van der Waals surface area contributed by atoms with Gasteiger partial charge in [-0.1, -0.05) is 6.07 Å². The van der Waals surface area contributed by atoms with E-state index in [0.717, 1.165) is 6.07 Å². The second-order valence-electron chi connectivity index (χ2n) is 3.44. The molecule has 1 aromatic rings. The highest BCUT2D eigenvalue weighted by atomic mass is 19.1. The molecule has 0 amide bonds. The molecule has 4 heteroatoms. The first-order valence-electron chi connectivity index (χ1n) is 4.23. The second-order valence-corrected chi connectivity index (χ2v) is 3.44. The van der Waals surface area contributed by atoms with Gasteiger partial charge < -0.3 is 4.74 Å². The number of nitrogens with zero attached hydrogens (tertiary/aromatic N) is 1. The summed E-state index contributed by atoms with van der Waals surface area (Å²) in [6, 6.07) is 3.47. The summed E-state index contributed by atoms with van der Waals surface area (Å²) in [5.74, 6) is -1.17.